The molecule has 0 fully saturated rings. The summed E-state index contributed by atoms with van der Waals surface area (Å²) in [7, 11) is 0. The molecule has 0 saturated carbocycles. The summed E-state index contributed by atoms with van der Waals surface area (Å²) in [6.07, 6.45) is 0.322. The third-order valence-electron chi connectivity index (χ3n) is 3.67. The number of hydrogen-bond donors (Lipinski definition) is 1. The lowest BCUT2D eigenvalue weighted by atomic mass is 10.2. The number of carbonyl (C=O) groups excluding carboxylic acids is 1. The number of amides is 1. The van der Waals surface area contributed by atoms with Crippen LogP contribution in [0.25, 0.3) is 0 Å². The highest BCUT2D eigenvalue weighted by Gasteiger charge is 2.06. The number of aryl methyl sites for hydroxylation is 1. The van der Waals surface area contributed by atoms with E-state index in [1.54, 1.807) is 11.3 Å². The molecule has 128 valence electrons. The molecule has 0 atom stereocenters. The summed E-state index contributed by atoms with van der Waals surface area (Å²) in [5.41, 5.74) is 3.00. The van der Waals surface area contributed by atoms with Crippen molar-refractivity contribution in [3.8, 4) is 5.75 Å². The largest absolute Gasteiger partial charge is 0.489 e. The first-order valence-corrected chi connectivity index (χ1v) is 9.00. The first-order valence-electron chi connectivity index (χ1n) is 8.12. The molecule has 0 bridgehead atoms. The van der Waals surface area contributed by atoms with Gasteiger partial charge in [-0.3, -0.25) is 4.79 Å². The van der Waals surface area contributed by atoms with Crippen LogP contribution in [0.2, 0.25) is 0 Å². The zero-order chi connectivity index (χ0) is 17.5. The summed E-state index contributed by atoms with van der Waals surface area (Å²) in [6.45, 7) is 2.98. The summed E-state index contributed by atoms with van der Waals surface area (Å²) in [5, 5.41) is 5.82. The van der Waals surface area contributed by atoms with Gasteiger partial charge in [0.05, 0.1) is 17.1 Å². The van der Waals surface area contributed by atoms with Crippen LogP contribution in [-0.2, 0) is 24.4 Å². The molecule has 0 saturated heterocycles. The maximum absolute atomic E-state index is 12.0. The van der Waals surface area contributed by atoms with Crippen molar-refractivity contribution in [1.29, 1.82) is 0 Å². The highest BCUT2D eigenvalue weighted by atomic mass is 32.1. The Morgan fingerprint density at radius 3 is 2.52 bits per heavy atom. The van der Waals surface area contributed by atoms with Crippen LogP contribution >= 0.6 is 11.3 Å². The van der Waals surface area contributed by atoms with Gasteiger partial charge in [0, 0.05) is 11.9 Å². The van der Waals surface area contributed by atoms with Crippen molar-refractivity contribution in [2.45, 2.75) is 26.5 Å². The van der Waals surface area contributed by atoms with Crippen LogP contribution in [0.5, 0.6) is 5.75 Å². The van der Waals surface area contributed by atoms with Crippen molar-refractivity contribution in [1.82, 2.24) is 10.3 Å². The summed E-state index contributed by atoms with van der Waals surface area (Å²) >= 11 is 1.56. The van der Waals surface area contributed by atoms with Crippen LogP contribution in [-0.4, -0.2) is 10.9 Å². The Balaban J connectivity index is 1.45. The highest BCUT2D eigenvalue weighted by molar-refractivity contribution is 7.09. The van der Waals surface area contributed by atoms with Crippen LogP contribution in [0, 0.1) is 6.92 Å². The fraction of sp³-hybridized carbons (Fsp3) is 0.200. The van der Waals surface area contributed by atoms with Crippen LogP contribution < -0.4 is 10.1 Å². The van der Waals surface area contributed by atoms with E-state index in [0.717, 1.165) is 27.6 Å². The minimum absolute atomic E-state index is 0.0188. The number of ether oxygens (including phenoxy) is 1. The Bertz CT molecular complexity index is 813. The van der Waals surface area contributed by atoms with Gasteiger partial charge >= 0.3 is 0 Å². The molecule has 1 amide bonds. The van der Waals surface area contributed by atoms with E-state index in [9.17, 15) is 4.79 Å². The molecule has 0 unspecified atom stereocenters. The Morgan fingerprint density at radius 2 is 1.84 bits per heavy atom. The minimum atomic E-state index is -0.0188. The van der Waals surface area contributed by atoms with E-state index >= 15 is 0 Å². The molecule has 0 spiro atoms. The van der Waals surface area contributed by atoms with Gasteiger partial charge in [-0.15, -0.1) is 11.3 Å². The molecule has 1 aromatic heterocycles. The molecule has 5 heteroatoms. The van der Waals surface area contributed by atoms with Gasteiger partial charge in [0.1, 0.15) is 12.4 Å². The lowest BCUT2D eigenvalue weighted by Gasteiger charge is -2.08. The molecule has 1 heterocycles. The summed E-state index contributed by atoms with van der Waals surface area (Å²) in [5.74, 6) is 0.798. The number of hydrogen-bond acceptors (Lipinski definition) is 4. The number of carbonyl (C=O) groups is 1. The van der Waals surface area contributed by atoms with E-state index in [1.807, 2.05) is 66.9 Å². The summed E-state index contributed by atoms with van der Waals surface area (Å²) in [6, 6.07) is 17.8. The third kappa shape index (κ3) is 5.43. The van der Waals surface area contributed by atoms with E-state index in [-0.39, 0.29) is 5.91 Å². The van der Waals surface area contributed by atoms with Gasteiger partial charge in [-0.1, -0.05) is 42.5 Å². The fourth-order valence-corrected chi connectivity index (χ4v) is 2.97. The van der Waals surface area contributed by atoms with Crippen LogP contribution in [0.15, 0.2) is 60.0 Å². The van der Waals surface area contributed by atoms with Gasteiger partial charge in [0.2, 0.25) is 5.91 Å². The predicted molar refractivity (Wildman–Crippen MR) is 99.6 cm³/mol. The van der Waals surface area contributed by atoms with E-state index in [2.05, 4.69) is 10.3 Å². The van der Waals surface area contributed by atoms with Gasteiger partial charge < -0.3 is 10.1 Å². The SMILES string of the molecule is Cc1nc(CC(=O)NCc2ccc(OCc3ccccc3)cc2)cs1. The number of thiazole rings is 1. The van der Waals surface area contributed by atoms with Crippen LogP contribution in [0.3, 0.4) is 0 Å². The van der Waals surface area contributed by atoms with Gasteiger partial charge in [0.25, 0.3) is 0 Å². The van der Waals surface area contributed by atoms with E-state index < -0.39 is 0 Å². The lowest BCUT2D eigenvalue weighted by Crippen LogP contribution is -2.24. The van der Waals surface area contributed by atoms with Crippen molar-refractivity contribution < 1.29 is 9.53 Å². The smallest absolute Gasteiger partial charge is 0.226 e. The van der Waals surface area contributed by atoms with Crippen molar-refractivity contribution in [2.75, 3.05) is 0 Å². The molecule has 2 aromatic carbocycles. The molecule has 3 rings (SSSR count). The molecule has 3 aromatic rings. The van der Waals surface area contributed by atoms with Crippen molar-refractivity contribution in [2.24, 2.45) is 0 Å². The Hall–Kier alpha value is -2.66. The average molecular weight is 352 g/mol. The Labute approximate surface area is 151 Å². The molecule has 0 aliphatic heterocycles. The topological polar surface area (TPSA) is 51.2 Å². The summed E-state index contributed by atoms with van der Waals surface area (Å²) < 4.78 is 5.76. The van der Waals surface area contributed by atoms with Gasteiger partial charge in [0.15, 0.2) is 0 Å². The van der Waals surface area contributed by atoms with Gasteiger partial charge in [-0.25, -0.2) is 4.98 Å². The van der Waals surface area contributed by atoms with Gasteiger partial charge in [-0.05, 0) is 30.2 Å². The molecule has 0 aliphatic carbocycles. The number of benzene rings is 2. The first kappa shape index (κ1) is 17.2. The zero-order valence-corrected chi connectivity index (χ0v) is 14.9. The number of rotatable bonds is 7. The molecule has 1 N–H and O–H groups in total. The normalized spacial score (nSPS) is 10.4. The van der Waals surface area contributed by atoms with Crippen LogP contribution in [0.1, 0.15) is 21.8 Å². The minimum Gasteiger partial charge on any atom is -0.489 e. The number of nitrogens with one attached hydrogen (secondary N) is 1. The first-order chi connectivity index (χ1) is 12.2. The molecule has 25 heavy (non-hydrogen) atoms. The van der Waals surface area contributed by atoms with E-state index in [4.69, 9.17) is 4.74 Å². The molecule has 0 radical (unpaired) electrons. The second kappa shape index (κ2) is 8.44. The van der Waals surface area contributed by atoms with E-state index in [0.29, 0.717) is 19.6 Å². The number of aromatic nitrogens is 1. The molecule has 0 aliphatic rings. The Kier molecular flexibility index (Phi) is 5.80. The average Bonchev–Trinajstić information content (AvgIpc) is 3.04. The van der Waals surface area contributed by atoms with Crippen molar-refractivity contribution >= 4 is 17.2 Å². The molecular formula is C20H20N2O2S. The predicted octanol–water partition coefficient (Wildman–Crippen LogP) is 3.89. The second-order valence-electron chi connectivity index (χ2n) is 5.73. The fourth-order valence-electron chi connectivity index (χ4n) is 2.36. The monoisotopic (exact) mass is 352 g/mol. The summed E-state index contributed by atoms with van der Waals surface area (Å²) in [4.78, 5) is 16.3. The third-order valence-corrected chi connectivity index (χ3v) is 4.49. The number of nitrogens with zero attached hydrogens (tertiary/aromatic N) is 1. The van der Waals surface area contributed by atoms with E-state index in [1.165, 1.54) is 0 Å². The maximum Gasteiger partial charge on any atom is 0.226 e. The van der Waals surface area contributed by atoms with Crippen molar-refractivity contribution in [3.05, 3.63) is 81.8 Å². The highest BCUT2D eigenvalue weighted by Crippen LogP contribution is 2.14. The molecule has 4 nitrogen and oxygen atoms in total. The quantitative estimate of drug-likeness (QED) is 0.702. The molecular weight excluding hydrogens is 332 g/mol. The standard InChI is InChI=1S/C20H20N2O2S/c1-15-22-18(14-25-15)11-20(23)21-12-16-7-9-19(10-8-16)24-13-17-5-3-2-4-6-17/h2-10,14H,11-13H2,1H3,(H,21,23). The zero-order valence-electron chi connectivity index (χ0n) is 14.1. The Morgan fingerprint density at radius 1 is 1.08 bits per heavy atom. The maximum atomic E-state index is 12.0. The van der Waals surface area contributed by atoms with Gasteiger partial charge in [-0.2, -0.15) is 0 Å². The van der Waals surface area contributed by atoms with Crippen LogP contribution in [0.4, 0.5) is 0 Å². The van der Waals surface area contributed by atoms with Crippen molar-refractivity contribution in [3.63, 3.8) is 0 Å². The second-order valence-corrected chi connectivity index (χ2v) is 6.79. The lowest BCUT2D eigenvalue weighted by molar-refractivity contribution is -0.120.